The molecule has 0 heterocycles. The van der Waals surface area contributed by atoms with Crippen molar-refractivity contribution in [3.05, 3.63) is 28.8 Å². The van der Waals surface area contributed by atoms with Gasteiger partial charge in [-0.3, -0.25) is 9.59 Å². The molecule has 0 fully saturated rings. The van der Waals surface area contributed by atoms with Crippen LogP contribution in [0.15, 0.2) is 12.1 Å². The molecule has 1 rings (SSSR count). The predicted octanol–water partition coefficient (Wildman–Crippen LogP) is 2.11. The van der Waals surface area contributed by atoms with Gasteiger partial charge in [0.1, 0.15) is 6.42 Å². The highest BCUT2D eigenvalue weighted by Gasteiger charge is 2.12. The maximum atomic E-state index is 11.6. The minimum atomic E-state index is -0.537. The first-order chi connectivity index (χ1) is 7.93. The summed E-state index contributed by atoms with van der Waals surface area (Å²) in [5, 5.41) is 2.73. The Morgan fingerprint density at radius 3 is 2.18 bits per heavy atom. The van der Waals surface area contributed by atoms with Gasteiger partial charge in [0.05, 0.1) is 7.11 Å². The number of ether oxygens (including phenoxy) is 1. The largest absolute Gasteiger partial charge is 0.469 e. The Kier molecular flexibility index (Phi) is 4.26. The molecule has 0 aromatic heterocycles. The quantitative estimate of drug-likeness (QED) is 0.645. The molecule has 0 bridgehead atoms. The molecule has 1 N–H and O–H groups in total. The summed E-state index contributed by atoms with van der Waals surface area (Å²) in [7, 11) is 1.26. The topological polar surface area (TPSA) is 55.4 Å². The van der Waals surface area contributed by atoms with Crippen LogP contribution in [0.5, 0.6) is 0 Å². The molecule has 1 aromatic carbocycles. The minimum absolute atomic E-state index is 0.261. The molecule has 0 saturated carbocycles. The van der Waals surface area contributed by atoms with Crippen LogP contribution >= 0.6 is 0 Å². The lowest BCUT2D eigenvalue weighted by atomic mass is 10.1. The second kappa shape index (κ2) is 5.48. The molecule has 0 saturated heterocycles. The fourth-order valence-corrected chi connectivity index (χ4v) is 1.76. The van der Waals surface area contributed by atoms with Crippen LogP contribution in [0.25, 0.3) is 0 Å². The third kappa shape index (κ3) is 3.59. The van der Waals surface area contributed by atoms with Crippen molar-refractivity contribution in [2.24, 2.45) is 0 Å². The Morgan fingerprint density at radius 2 is 1.71 bits per heavy atom. The zero-order valence-corrected chi connectivity index (χ0v) is 10.6. The molecule has 92 valence electrons. The Labute approximate surface area is 101 Å². The van der Waals surface area contributed by atoms with Crippen LogP contribution in [-0.2, 0) is 14.3 Å². The van der Waals surface area contributed by atoms with Crippen molar-refractivity contribution in [2.45, 2.75) is 27.2 Å². The van der Waals surface area contributed by atoms with Gasteiger partial charge >= 0.3 is 5.97 Å². The van der Waals surface area contributed by atoms with Gasteiger partial charge in [0.15, 0.2) is 0 Å². The van der Waals surface area contributed by atoms with Crippen molar-refractivity contribution >= 4 is 17.6 Å². The van der Waals surface area contributed by atoms with Gasteiger partial charge in [-0.25, -0.2) is 0 Å². The number of nitrogens with one attached hydrogen (secondary N) is 1. The fraction of sp³-hybridized carbons (Fsp3) is 0.385. The van der Waals surface area contributed by atoms with Crippen LogP contribution in [0, 0.1) is 20.8 Å². The first kappa shape index (κ1) is 13.2. The number of hydrogen-bond acceptors (Lipinski definition) is 3. The molecule has 4 heteroatoms. The van der Waals surface area contributed by atoms with Gasteiger partial charge in [-0.15, -0.1) is 0 Å². The Hall–Kier alpha value is -1.84. The summed E-state index contributed by atoms with van der Waals surface area (Å²) < 4.78 is 4.44. The number of rotatable bonds is 3. The minimum Gasteiger partial charge on any atom is -0.469 e. The van der Waals surface area contributed by atoms with E-state index in [9.17, 15) is 9.59 Å². The highest BCUT2D eigenvalue weighted by molar-refractivity contribution is 6.02. The lowest BCUT2D eigenvalue weighted by Gasteiger charge is -2.12. The van der Waals surface area contributed by atoms with Gasteiger partial charge in [0, 0.05) is 5.69 Å². The van der Waals surface area contributed by atoms with Crippen molar-refractivity contribution in [1.29, 1.82) is 0 Å². The molecule has 0 aliphatic rings. The molecule has 0 aliphatic heterocycles. The van der Waals surface area contributed by atoms with Gasteiger partial charge in [-0.1, -0.05) is 17.7 Å². The molecule has 0 aliphatic carbocycles. The van der Waals surface area contributed by atoms with Crippen LogP contribution in [-0.4, -0.2) is 19.0 Å². The molecular formula is C13H17NO3. The summed E-state index contributed by atoms with van der Waals surface area (Å²) in [5.74, 6) is -0.892. The maximum absolute atomic E-state index is 11.6. The number of carbonyl (C=O) groups is 2. The molecular weight excluding hydrogens is 218 g/mol. The second-order valence-corrected chi connectivity index (χ2v) is 4.07. The number of esters is 1. The van der Waals surface area contributed by atoms with Crippen LogP contribution in [0.2, 0.25) is 0 Å². The number of anilines is 1. The molecule has 1 amide bonds. The molecule has 0 atom stereocenters. The lowest BCUT2D eigenvalue weighted by molar-refractivity contribution is -0.142. The first-order valence-corrected chi connectivity index (χ1v) is 5.38. The van der Waals surface area contributed by atoms with E-state index in [0.29, 0.717) is 0 Å². The van der Waals surface area contributed by atoms with Gasteiger partial charge in [0.2, 0.25) is 5.91 Å². The van der Waals surface area contributed by atoms with Gasteiger partial charge in [0.25, 0.3) is 0 Å². The van der Waals surface area contributed by atoms with Crippen molar-refractivity contribution in [3.8, 4) is 0 Å². The number of hydrogen-bond donors (Lipinski definition) is 1. The third-order valence-corrected chi connectivity index (χ3v) is 2.47. The third-order valence-electron chi connectivity index (χ3n) is 2.47. The molecule has 0 radical (unpaired) electrons. The number of amides is 1. The molecule has 1 aromatic rings. The number of aryl methyl sites for hydroxylation is 3. The molecule has 17 heavy (non-hydrogen) atoms. The Bertz CT molecular complexity index is 429. The van der Waals surface area contributed by atoms with E-state index in [0.717, 1.165) is 22.4 Å². The second-order valence-electron chi connectivity index (χ2n) is 4.07. The van der Waals surface area contributed by atoms with Crippen LogP contribution in [0.1, 0.15) is 23.1 Å². The lowest BCUT2D eigenvalue weighted by Crippen LogP contribution is -2.18. The summed E-state index contributed by atoms with van der Waals surface area (Å²) in [6.07, 6.45) is -0.261. The van der Waals surface area contributed by atoms with Crippen LogP contribution < -0.4 is 5.32 Å². The van der Waals surface area contributed by atoms with Crippen molar-refractivity contribution < 1.29 is 14.3 Å². The average molecular weight is 235 g/mol. The van der Waals surface area contributed by atoms with Crippen molar-refractivity contribution in [2.75, 3.05) is 12.4 Å². The highest BCUT2D eigenvalue weighted by Crippen LogP contribution is 2.21. The van der Waals surface area contributed by atoms with E-state index >= 15 is 0 Å². The van der Waals surface area contributed by atoms with Crippen LogP contribution in [0.4, 0.5) is 5.69 Å². The summed E-state index contributed by atoms with van der Waals surface area (Å²) in [4.78, 5) is 22.5. The number of carbonyl (C=O) groups excluding carboxylic acids is 2. The molecule has 0 unspecified atom stereocenters. The monoisotopic (exact) mass is 235 g/mol. The highest BCUT2D eigenvalue weighted by atomic mass is 16.5. The zero-order chi connectivity index (χ0) is 13.0. The van der Waals surface area contributed by atoms with Gasteiger partial charge in [-0.05, 0) is 31.9 Å². The van der Waals surface area contributed by atoms with E-state index in [1.165, 1.54) is 7.11 Å². The van der Waals surface area contributed by atoms with Crippen molar-refractivity contribution in [1.82, 2.24) is 0 Å². The van der Waals surface area contributed by atoms with E-state index in [1.54, 1.807) is 0 Å². The summed E-state index contributed by atoms with van der Waals surface area (Å²) in [6.45, 7) is 5.85. The number of benzene rings is 1. The summed E-state index contributed by atoms with van der Waals surface area (Å²) >= 11 is 0. The zero-order valence-electron chi connectivity index (χ0n) is 10.6. The van der Waals surface area contributed by atoms with E-state index in [2.05, 4.69) is 10.1 Å². The Balaban J connectivity index is 2.82. The first-order valence-electron chi connectivity index (χ1n) is 5.38. The standard InChI is InChI=1S/C13H17NO3/c1-8-5-9(2)13(10(3)6-8)14-11(15)7-12(16)17-4/h5-6H,7H2,1-4H3,(H,14,15). The summed E-state index contributed by atoms with van der Waals surface area (Å²) in [6, 6.07) is 3.97. The molecule has 0 spiro atoms. The summed E-state index contributed by atoms with van der Waals surface area (Å²) in [5.41, 5.74) is 3.89. The van der Waals surface area contributed by atoms with Gasteiger partial charge in [-0.2, -0.15) is 0 Å². The SMILES string of the molecule is COC(=O)CC(=O)Nc1c(C)cc(C)cc1C. The Morgan fingerprint density at radius 1 is 1.18 bits per heavy atom. The van der Waals surface area contributed by atoms with E-state index in [-0.39, 0.29) is 12.3 Å². The van der Waals surface area contributed by atoms with Crippen LogP contribution in [0.3, 0.4) is 0 Å². The van der Waals surface area contributed by atoms with E-state index in [4.69, 9.17) is 0 Å². The molecule has 4 nitrogen and oxygen atoms in total. The van der Waals surface area contributed by atoms with E-state index in [1.807, 2.05) is 32.9 Å². The van der Waals surface area contributed by atoms with Gasteiger partial charge < -0.3 is 10.1 Å². The number of methoxy groups -OCH3 is 1. The average Bonchev–Trinajstić information content (AvgIpc) is 2.23. The smallest absolute Gasteiger partial charge is 0.315 e. The normalized spacial score (nSPS) is 9.88. The fourth-order valence-electron chi connectivity index (χ4n) is 1.76. The predicted molar refractivity (Wildman–Crippen MR) is 65.9 cm³/mol. The van der Waals surface area contributed by atoms with E-state index < -0.39 is 5.97 Å². The maximum Gasteiger partial charge on any atom is 0.315 e. The van der Waals surface area contributed by atoms with Crippen molar-refractivity contribution in [3.63, 3.8) is 0 Å².